The van der Waals surface area contributed by atoms with Crippen molar-refractivity contribution in [2.45, 2.75) is 25.8 Å². The summed E-state index contributed by atoms with van der Waals surface area (Å²) in [7, 11) is 1.85. The number of fused-ring (bicyclic) bond motifs is 1. The molecule has 0 aliphatic carbocycles. The molecule has 1 aliphatic rings. The van der Waals surface area contributed by atoms with E-state index in [1.54, 1.807) is 6.07 Å². The predicted octanol–water partition coefficient (Wildman–Crippen LogP) is 2.59. The van der Waals surface area contributed by atoms with Crippen LogP contribution in [0, 0.1) is 10.1 Å². The van der Waals surface area contributed by atoms with E-state index in [9.17, 15) is 14.9 Å². The lowest BCUT2D eigenvalue weighted by atomic mass is 10.2. The molecular weight excluding hydrogens is 308 g/mol. The zero-order valence-electron chi connectivity index (χ0n) is 13.8. The second-order valence-corrected chi connectivity index (χ2v) is 6.05. The van der Waals surface area contributed by atoms with E-state index in [1.165, 1.54) is 12.1 Å². The van der Waals surface area contributed by atoms with Crippen LogP contribution in [0.15, 0.2) is 30.3 Å². The van der Waals surface area contributed by atoms with Gasteiger partial charge in [-0.25, -0.2) is 4.98 Å². The number of hydrogen-bond donors (Lipinski definition) is 0. The number of hydrogen-bond acceptors (Lipinski definition) is 5. The Hall–Kier alpha value is -2.70. The van der Waals surface area contributed by atoms with Gasteiger partial charge in [-0.15, -0.1) is 0 Å². The van der Waals surface area contributed by atoms with Gasteiger partial charge in [-0.1, -0.05) is 6.92 Å². The Morgan fingerprint density at radius 1 is 1.42 bits per heavy atom. The number of amides is 1. The zero-order valence-corrected chi connectivity index (χ0v) is 13.8. The van der Waals surface area contributed by atoms with Gasteiger partial charge in [0, 0.05) is 44.1 Å². The van der Waals surface area contributed by atoms with Gasteiger partial charge in [0.15, 0.2) is 0 Å². The first kappa shape index (κ1) is 16.2. The molecule has 2 aromatic rings. The summed E-state index contributed by atoms with van der Waals surface area (Å²) >= 11 is 0. The second kappa shape index (κ2) is 6.43. The summed E-state index contributed by atoms with van der Waals surface area (Å²) in [5.74, 6) is 0.997. The maximum absolute atomic E-state index is 11.8. The van der Waals surface area contributed by atoms with Crippen LogP contribution >= 0.6 is 0 Å². The van der Waals surface area contributed by atoms with E-state index in [0.717, 1.165) is 36.2 Å². The van der Waals surface area contributed by atoms with Crippen LogP contribution in [0.3, 0.4) is 0 Å². The average molecular weight is 328 g/mol. The van der Waals surface area contributed by atoms with Crippen LogP contribution in [0.25, 0.3) is 10.9 Å². The average Bonchev–Trinajstić information content (AvgIpc) is 3.09. The van der Waals surface area contributed by atoms with Crippen LogP contribution in [0.5, 0.6) is 0 Å². The first-order valence-corrected chi connectivity index (χ1v) is 8.05. The molecule has 0 saturated carbocycles. The number of carbonyl (C=O) groups excluding carboxylic acids is 1. The number of nitro benzene ring substituents is 1. The molecule has 1 aromatic heterocycles. The van der Waals surface area contributed by atoms with E-state index in [4.69, 9.17) is 0 Å². The van der Waals surface area contributed by atoms with E-state index in [-0.39, 0.29) is 17.6 Å². The molecule has 7 heteroatoms. The number of rotatable bonds is 4. The summed E-state index contributed by atoms with van der Waals surface area (Å²) in [6.45, 7) is 3.47. The largest absolute Gasteiger partial charge is 0.354 e. The lowest BCUT2D eigenvalue weighted by Gasteiger charge is -2.25. The Balaban J connectivity index is 1.79. The van der Waals surface area contributed by atoms with Crippen LogP contribution < -0.4 is 4.90 Å². The topological polar surface area (TPSA) is 79.6 Å². The highest BCUT2D eigenvalue weighted by Crippen LogP contribution is 2.25. The minimum absolute atomic E-state index is 0.0676. The molecule has 1 aliphatic heterocycles. The summed E-state index contributed by atoms with van der Waals surface area (Å²) in [6.07, 6.45) is 1.43. The molecule has 0 N–H and O–H groups in total. The van der Waals surface area contributed by atoms with Crippen LogP contribution in [0.1, 0.15) is 19.8 Å². The zero-order chi connectivity index (χ0) is 17.3. The Kier molecular flexibility index (Phi) is 4.33. The number of benzene rings is 1. The molecule has 1 saturated heterocycles. The SMILES string of the molecule is CCC(=O)N(C)C1CCN(c2ccc3cc([N+](=O)[O-])ccc3n2)C1. The lowest BCUT2D eigenvalue weighted by molar-refractivity contribution is -0.384. The normalized spacial score (nSPS) is 17.2. The van der Waals surface area contributed by atoms with Gasteiger partial charge in [-0.05, 0) is 24.6 Å². The summed E-state index contributed by atoms with van der Waals surface area (Å²) in [5.41, 5.74) is 0.803. The van der Waals surface area contributed by atoms with Crippen molar-refractivity contribution in [1.29, 1.82) is 0 Å². The van der Waals surface area contributed by atoms with Crippen molar-refractivity contribution < 1.29 is 9.72 Å². The van der Waals surface area contributed by atoms with Crippen molar-refractivity contribution in [3.8, 4) is 0 Å². The smallest absolute Gasteiger partial charge is 0.270 e. The molecule has 1 atom stereocenters. The highest BCUT2D eigenvalue weighted by atomic mass is 16.6. The van der Waals surface area contributed by atoms with E-state index in [1.807, 2.05) is 31.0 Å². The minimum atomic E-state index is -0.404. The number of anilines is 1. The van der Waals surface area contributed by atoms with Crippen LogP contribution in [0.2, 0.25) is 0 Å². The fraction of sp³-hybridized carbons (Fsp3) is 0.412. The van der Waals surface area contributed by atoms with Crippen LogP contribution in [0.4, 0.5) is 11.5 Å². The molecule has 1 unspecified atom stereocenters. The molecule has 0 radical (unpaired) electrons. The second-order valence-electron chi connectivity index (χ2n) is 6.05. The number of pyridine rings is 1. The van der Waals surface area contributed by atoms with Gasteiger partial charge in [0.2, 0.25) is 5.91 Å². The number of aromatic nitrogens is 1. The van der Waals surface area contributed by atoms with Crippen molar-refractivity contribution in [1.82, 2.24) is 9.88 Å². The molecule has 1 fully saturated rings. The van der Waals surface area contributed by atoms with Crippen LogP contribution in [-0.4, -0.2) is 46.9 Å². The Morgan fingerprint density at radius 3 is 2.92 bits per heavy atom. The molecular formula is C17H20N4O3. The molecule has 0 spiro atoms. The van der Waals surface area contributed by atoms with E-state index in [0.29, 0.717) is 6.42 Å². The molecule has 1 aromatic carbocycles. The maximum Gasteiger partial charge on any atom is 0.270 e. The standard InChI is InChI=1S/C17H20N4O3/c1-3-17(22)19(2)14-8-9-20(11-14)16-7-4-12-10-13(21(23)24)5-6-15(12)18-16/h4-7,10,14H,3,8-9,11H2,1-2H3. The maximum atomic E-state index is 11.8. The van der Waals surface area contributed by atoms with Gasteiger partial charge < -0.3 is 9.80 Å². The third-order valence-corrected chi connectivity index (χ3v) is 4.60. The van der Waals surface area contributed by atoms with Gasteiger partial charge in [0.05, 0.1) is 16.5 Å². The first-order valence-electron chi connectivity index (χ1n) is 8.05. The summed E-state index contributed by atoms with van der Waals surface area (Å²) in [6, 6.07) is 8.63. The van der Waals surface area contributed by atoms with Gasteiger partial charge >= 0.3 is 0 Å². The van der Waals surface area contributed by atoms with Crippen molar-refractivity contribution in [2.24, 2.45) is 0 Å². The highest BCUT2D eigenvalue weighted by Gasteiger charge is 2.28. The lowest BCUT2D eigenvalue weighted by Crippen LogP contribution is -2.38. The quantitative estimate of drug-likeness (QED) is 0.636. The monoisotopic (exact) mass is 328 g/mol. The van der Waals surface area contributed by atoms with Gasteiger partial charge in [-0.3, -0.25) is 14.9 Å². The number of non-ortho nitro benzene ring substituents is 1. The fourth-order valence-corrected chi connectivity index (χ4v) is 3.11. The van der Waals surface area contributed by atoms with Crippen molar-refractivity contribution in [2.75, 3.05) is 25.0 Å². The third kappa shape index (κ3) is 3.02. The molecule has 0 bridgehead atoms. The van der Waals surface area contributed by atoms with Gasteiger partial charge in [0.1, 0.15) is 5.82 Å². The molecule has 2 heterocycles. The molecule has 24 heavy (non-hydrogen) atoms. The number of carbonyl (C=O) groups is 1. The minimum Gasteiger partial charge on any atom is -0.354 e. The highest BCUT2D eigenvalue weighted by molar-refractivity contribution is 5.82. The molecule has 1 amide bonds. The number of nitro groups is 1. The molecule has 7 nitrogen and oxygen atoms in total. The summed E-state index contributed by atoms with van der Waals surface area (Å²) in [5, 5.41) is 11.6. The fourth-order valence-electron chi connectivity index (χ4n) is 3.11. The molecule has 126 valence electrons. The Morgan fingerprint density at radius 2 is 2.21 bits per heavy atom. The van der Waals surface area contributed by atoms with Gasteiger partial charge in [-0.2, -0.15) is 0 Å². The third-order valence-electron chi connectivity index (χ3n) is 4.60. The van der Waals surface area contributed by atoms with Gasteiger partial charge in [0.25, 0.3) is 5.69 Å². The first-order chi connectivity index (χ1) is 11.5. The van der Waals surface area contributed by atoms with E-state index >= 15 is 0 Å². The summed E-state index contributed by atoms with van der Waals surface area (Å²) in [4.78, 5) is 30.9. The molecule has 3 rings (SSSR count). The number of likely N-dealkylation sites (N-methyl/N-ethyl adjacent to an activating group) is 1. The van der Waals surface area contributed by atoms with E-state index < -0.39 is 4.92 Å². The van der Waals surface area contributed by atoms with E-state index in [2.05, 4.69) is 9.88 Å². The van der Waals surface area contributed by atoms with Crippen molar-refractivity contribution in [3.05, 3.63) is 40.4 Å². The summed E-state index contributed by atoms with van der Waals surface area (Å²) < 4.78 is 0. The predicted molar refractivity (Wildman–Crippen MR) is 92.1 cm³/mol. The Labute approximate surface area is 140 Å². The number of nitrogens with zero attached hydrogens (tertiary/aromatic N) is 4. The van der Waals surface area contributed by atoms with Crippen LogP contribution in [-0.2, 0) is 4.79 Å². The van der Waals surface area contributed by atoms with Crippen molar-refractivity contribution >= 4 is 28.3 Å². The van der Waals surface area contributed by atoms with Crippen molar-refractivity contribution in [3.63, 3.8) is 0 Å². The Bertz CT molecular complexity index is 792.